The molecule has 1 N–H and O–H groups in total. The number of nitrogens with one attached hydrogen (secondary N) is 1. The van der Waals surface area contributed by atoms with Gasteiger partial charge in [-0.15, -0.1) is 11.8 Å². The molecule has 1 heterocycles. The van der Waals surface area contributed by atoms with Crippen LogP contribution in [-0.4, -0.2) is 25.0 Å². The summed E-state index contributed by atoms with van der Waals surface area (Å²) in [5.41, 5.74) is 1.37. The van der Waals surface area contributed by atoms with Gasteiger partial charge in [-0.05, 0) is 37.1 Å². The summed E-state index contributed by atoms with van der Waals surface area (Å²) >= 11 is 1.94. The van der Waals surface area contributed by atoms with E-state index in [1.54, 1.807) is 0 Å². The lowest BCUT2D eigenvalue weighted by molar-refractivity contribution is 0.199. The van der Waals surface area contributed by atoms with E-state index in [1.165, 1.54) is 23.3 Å². The van der Waals surface area contributed by atoms with Crippen LogP contribution < -0.4 is 5.32 Å². The van der Waals surface area contributed by atoms with Crippen molar-refractivity contribution in [2.45, 2.75) is 36.5 Å². The zero-order valence-corrected chi connectivity index (χ0v) is 11.3. The third-order valence-corrected chi connectivity index (χ3v) is 4.12. The molecule has 1 saturated heterocycles. The van der Waals surface area contributed by atoms with Crippen LogP contribution in [0.5, 0.6) is 0 Å². The van der Waals surface area contributed by atoms with Gasteiger partial charge in [-0.25, -0.2) is 0 Å². The standard InChI is InChI=1S/C14H21NOS/c1-2-8-15-10-12-3-5-13(6-4-12)17-14-7-9-16-11-14/h3-6,14-15H,2,7-11H2,1H3. The summed E-state index contributed by atoms with van der Waals surface area (Å²) in [6, 6.07) is 8.90. The van der Waals surface area contributed by atoms with E-state index in [1.807, 2.05) is 11.8 Å². The molecule has 0 spiro atoms. The van der Waals surface area contributed by atoms with Gasteiger partial charge in [0.15, 0.2) is 0 Å². The van der Waals surface area contributed by atoms with Gasteiger partial charge >= 0.3 is 0 Å². The molecule has 1 aromatic carbocycles. The first-order chi connectivity index (χ1) is 8.38. The number of ether oxygens (including phenoxy) is 1. The Morgan fingerprint density at radius 3 is 2.82 bits per heavy atom. The van der Waals surface area contributed by atoms with Crippen molar-refractivity contribution in [2.24, 2.45) is 0 Å². The molecular weight excluding hydrogens is 230 g/mol. The Bertz CT molecular complexity index is 319. The van der Waals surface area contributed by atoms with Gasteiger partial charge in [-0.1, -0.05) is 19.1 Å². The van der Waals surface area contributed by atoms with Crippen LogP contribution >= 0.6 is 11.8 Å². The lowest BCUT2D eigenvalue weighted by Gasteiger charge is -2.08. The van der Waals surface area contributed by atoms with Gasteiger partial charge in [0.05, 0.1) is 6.61 Å². The van der Waals surface area contributed by atoms with Crippen molar-refractivity contribution in [1.82, 2.24) is 5.32 Å². The van der Waals surface area contributed by atoms with E-state index in [0.717, 1.165) is 26.3 Å². The highest BCUT2D eigenvalue weighted by molar-refractivity contribution is 8.00. The zero-order valence-electron chi connectivity index (χ0n) is 10.4. The molecule has 17 heavy (non-hydrogen) atoms. The van der Waals surface area contributed by atoms with Gasteiger partial charge in [-0.2, -0.15) is 0 Å². The molecule has 1 fully saturated rings. The third kappa shape index (κ3) is 4.34. The van der Waals surface area contributed by atoms with Gasteiger partial charge in [0.25, 0.3) is 0 Å². The Kier molecular flexibility index (Phi) is 5.36. The van der Waals surface area contributed by atoms with Crippen LogP contribution in [0.1, 0.15) is 25.3 Å². The fourth-order valence-electron chi connectivity index (χ4n) is 1.89. The molecule has 2 rings (SSSR count). The van der Waals surface area contributed by atoms with Crippen molar-refractivity contribution < 1.29 is 4.74 Å². The molecule has 94 valence electrons. The van der Waals surface area contributed by atoms with E-state index in [0.29, 0.717) is 5.25 Å². The van der Waals surface area contributed by atoms with Crippen molar-refractivity contribution in [3.8, 4) is 0 Å². The normalized spacial score (nSPS) is 19.7. The monoisotopic (exact) mass is 251 g/mol. The number of hydrogen-bond acceptors (Lipinski definition) is 3. The van der Waals surface area contributed by atoms with Crippen LogP contribution in [0.2, 0.25) is 0 Å². The summed E-state index contributed by atoms with van der Waals surface area (Å²) in [5.74, 6) is 0. The molecule has 2 nitrogen and oxygen atoms in total. The van der Waals surface area contributed by atoms with Crippen molar-refractivity contribution >= 4 is 11.8 Å². The molecule has 0 radical (unpaired) electrons. The van der Waals surface area contributed by atoms with Crippen LogP contribution in [-0.2, 0) is 11.3 Å². The summed E-state index contributed by atoms with van der Waals surface area (Å²) in [7, 11) is 0. The number of benzene rings is 1. The number of thioether (sulfide) groups is 1. The Hall–Kier alpha value is -0.510. The molecule has 0 aliphatic carbocycles. The second-order valence-electron chi connectivity index (χ2n) is 4.42. The first-order valence-electron chi connectivity index (χ1n) is 6.42. The highest BCUT2D eigenvalue weighted by Gasteiger charge is 2.16. The molecular formula is C14H21NOS. The number of rotatable bonds is 6. The van der Waals surface area contributed by atoms with Gasteiger partial charge in [0, 0.05) is 23.3 Å². The van der Waals surface area contributed by atoms with Gasteiger partial charge in [0.2, 0.25) is 0 Å². The Morgan fingerprint density at radius 1 is 1.35 bits per heavy atom. The fraction of sp³-hybridized carbons (Fsp3) is 0.571. The van der Waals surface area contributed by atoms with Gasteiger partial charge in [-0.3, -0.25) is 0 Å². The SMILES string of the molecule is CCCNCc1ccc(SC2CCOC2)cc1. The lowest BCUT2D eigenvalue weighted by atomic mass is 10.2. The summed E-state index contributed by atoms with van der Waals surface area (Å²) in [4.78, 5) is 1.36. The summed E-state index contributed by atoms with van der Waals surface area (Å²) < 4.78 is 5.39. The van der Waals surface area contributed by atoms with Gasteiger partial charge < -0.3 is 10.1 Å². The first kappa shape index (κ1) is 12.9. The minimum absolute atomic E-state index is 0.652. The molecule has 0 bridgehead atoms. The van der Waals surface area contributed by atoms with Crippen molar-refractivity contribution in [3.05, 3.63) is 29.8 Å². The van der Waals surface area contributed by atoms with E-state index in [9.17, 15) is 0 Å². The molecule has 0 aromatic heterocycles. The van der Waals surface area contributed by atoms with Crippen LogP contribution in [0.4, 0.5) is 0 Å². The Labute approximate surface area is 108 Å². The van der Waals surface area contributed by atoms with E-state index in [-0.39, 0.29) is 0 Å². The van der Waals surface area contributed by atoms with Crippen molar-refractivity contribution in [2.75, 3.05) is 19.8 Å². The number of hydrogen-bond donors (Lipinski definition) is 1. The molecule has 1 aliphatic heterocycles. The molecule has 3 heteroatoms. The predicted molar refractivity (Wildman–Crippen MR) is 73.5 cm³/mol. The Balaban J connectivity index is 1.80. The molecule has 1 aromatic rings. The maximum atomic E-state index is 5.39. The summed E-state index contributed by atoms with van der Waals surface area (Å²) in [6.45, 7) is 6.10. The topological polar surface area (TPSA) is 21.3 Å². The molecule has 0 amide bonds. The molecule has 0 saturated carbocycles. The fourth-order valence-corrected chi connectivity index (χ4v) is 2.95. The lowest BCUT2D eigenvalue weighted by Crippen LogP contribution is -2.13. The van der Waals surface area contributed by atoms with Gasteiger partial charge in [0.1, 0.15) is 0 Å². The van der Waals surface area contributed by atoms with Crippen LogP contribution in [0.3, 0.4) is 0 Å². The highest BCUT2D eigenvalue weighted by Crippen LogP contribution is 2.28. The first-order valence-corrected chi connectivity index (χ1v) is 7.30. The minimum atomic E-state index is 0.652. The average Bonchev–Trinajstić information content (AvgIpc) is 2.85. The third-order valence-electron chi connectivity index (χ3n) is 2.87. The van der Waals surface area contributed by atoms with E-state index in [2.05, 4.69) is 36.5 Å². The molecule has 1 unspecified atom stereocenters. The predicted octanol–water partition coefficient (Wildman–Crippen LogP) is 3.07. The van der Waals surface area contributed by atoms with Crippen molar-refractivity contribution in [1.29, 1.82) is 0 Å². The quantitative estimate of drug-likeness (QED) is 0.785. The highest BCUT2D eigenvalue weighted by atomic mass is 32.2. The van der Waals surface area contributed by atoms with E-state index >= 15 is 0 Å². The maximum absolute atomic E-state index is 5.39. The second kappa shape index (κ2) is 7.04. The second-order valence-corrected chi connectivity index (χ2v) is 5.80. The largest absolute Gasteiger partial charge is 0.380 e. The van der Waals surface area contributed by atoms with Crippen LogP contribution in [0, 0.1) is 0 Å². The Morgan fingerprint density at radius 2 is 2.18 bits per heavy atom. The minimum Gasteiger partial charge on any atom is -0.380 e. The zero-order chi connectivity index (χ0) is 11.9. The van der Waals surface area contributed by atoms with Crippen LogP contribution in [0.25, 0.3) is 0 Å². The average molecular weight is 251 g/mol. The summed E-state index contributed by atoms with van der Waals surface area (Å²) in [6.07, 6.45) is 2.38. The molecule has 1 aliphatic rings. The molecule has 1 atom stereocenters. The smallest absolute Gasteiger partial charge is 0.0589 e. The van der Waals surface area contributed by atoms with Crippen molar-refractivity contribution in [3.63, 3.8) is 0 Å². The van der Waals surface area contributed by atoms with Crippen LogP contribution in [0.15, 0.2) is 29.2 Å². The van der Waals surface area contributed by atoms with E-state index in [4.69, 9.17) is 4.74 Å². The summed E-state index contributed by atoms with van der Waals surface area (Å²) in [5, 5.41) is 4.07. The maximum Gasteiger partial charge on any atom is 0.0589 e. The van der Waals surface area contributed by atoms with E-state index < -0.39 is 0 Å².